The summed E-state index contributed by atoms with van der Waals surface area (Å²) in [5.41, 5.74) is 0. The third-order valence-corrected chi connectivity index (χ3v) is 4.31. The maximum atomic E-state index is 11.2. The molecule has 2 N–H and O–H groups in total. The second-order valence-corrected chi connectivity index (χ2v) is 6.19. The molecular weight excluding hydrogens is 342 g/mol. The van der Waals surface area contributed by atoms with Crippen molar-refractivity contribution < 1.29 is 90.5 Å². The van der Waals surface area contributed by atoms with Crippen LogP contribution in [0.4, 0.5) is 0 Å². The molecule has 0 saturated heterocycles. The van der Waals surface area contributed by atoms with E-state index < -0.39 is 30.0 Å². The van der Waals surface area contributed by atoms with Gasteiger partial charge in [-0.25, -0.2) is 16.8 Å². The van der Waals surface area contributed by atoms with E-state index in [-0.39, 0.29) is 70.0 Å². The molecule has 0 aliphatic rings. The first-order valence-electron chi connectivity index (χ1n) is 4.65. The molecule has 0 saturated carbocycles. The normalized spacial score (nSPS) is 11.0. The van der Waals surface area contributed by atoms with Gasteiger partial charge in [0.15, 0.2) is 0 Å². The average molecular weight is 350 g/mol. The van der Waals surface area contributed by atoms with Crippen LogP contribution in [0, 0.1) is 0 Å². The SMILES string of the molecule is O.O=S(=O)([O-])c1ccc2ccccc2c1S(=O)(=O)[O-].[Na+].[Na+]. The van der Waals surface area contributed by atoms with Crippen LogP contribution in [0.2, 0.25) is 0 Å². The minimum absolute atomic E-state index is 0. The van der Waals surface area contributed by atoms with Gasteiger partial charge in [0.2, 0.25) is 0 Å². The molecule has 0 fully saturated rings. The molecule has 21 heavy (non-hydrogen) atoms. The van der Waals surface area contributed by atoms with E-state index in [4.69, 9.17) is 0 Å². The predicted molar refractivity (Wildman–Crippen MR) is 63.5 cm³/mol. The van der Waals surface area contributed by atoms with Crippen molar-refractivity contribution >= 4 is 31.0 Å². The molecule has 7 nitrogen and oxygen atoms in total. The summed E-state index contributed by atoms with van der Waals surface area (Å²) in [6, 6.07) is 7.91. The summed E-state index contributed by atoms with van der Waals surface area (Å²) < 4.78 is 66.4. The van der Waals surface area contributed by atoms with Gasteiger partial charge in [0, 0.05) is 5.39 Å². The van der Waals surface area contributed by atoms with Crippen LogP contribution < -0.4 is 59.1 Å². The smallest absolute Gasteiger partial charge is 0.744 e. The van der Waals surface area contributed by atoms with Crippen LogP contribution in [0.5, 0.6) is 0 Å². The Hall–Kier alpha value is 0.480. The molecule has 104 valence electrons. The molecular formula is C10H8Na2O7S2. The van der Waals surface area contributed by atoms with Gasteiger partial charge in [0.1, 0.15) is 20.2 Å². The van der Waals surface area contributed by atoms with Crippen LogP contribution in [-0.2, 0) is 20.2 Å². The molecule has 0 unspecified atom stereocenters. The Bertz CT molecular complexity index is 832. The quantitative estimate of drug-likeness (QED) is 0.389. The summed E-state index contributed by atoms with van der Waals surface area (Å²) in [6.45, 7) is 0. The van der Waals surface area contributed by atoms with Crippen LogP contribution in [0.1, 0.15) is 0 Å². The maximum absolute atomic E-state index is 11.2. The Labute approximate surface area is 166 Å². The summed E-state index contributed by atoms with van der Waals surface area (Å²) in [5.74, 6) is 0. The van der Waals surface area contributed by atoms with Gasteiger partial charge in [-0.1, -0.05) is 30.3 Å². The van der Waals surface area contributed by atoms with Crippen molar-refractivity contribution in [1.29, 1.82) is 0 Å². The predicted octanol–water partition coefficient (Wildman–Crippen LogP) is -6.17. The third kappa shape index (κ3) is 5.26. The van der Waals surface area contributed by atoms with Crippen molar-refractivity contribution in [1.82, 2.24) is 0 Å². The Morgan fingerprint density at radius 2 is 1.29 bits per heavy atom. The van der Waals surface area contributed by atoms with Crippen LogP contribution >= 0.6 is 0 Å². The van der Waals surface area contributed by atoms with Crippen molar-refractivity contribution in [2.75, 3.05) is 0 Å². The molecule has 0 aliphatic heterocycles. The Balaban J connectivity index is 0. The van der Waals surface area contributed by atoms with Crippen molar-refractivity contribution in [3.05, 3.63) is 36.4 Å². The van der Waals surface area contributed by atoms with Gasteiger partial charge in [-0.2, -0.15) is 0 Å². The maximum Gasteiger partial charge on any atom is 1.00 e. The van der Waals surface area contributed by atoms with Crippen LogP contribution in [0.15, 0.2) is 46.2 Å². The molecule has 0 aliphatic carbocycles. The largest absolute Gasteiger partial charge is 1.00 e. The van der Waals surface area contributed by atoms with Crippen LogP contribution in [-0.4, -0.2) is 31.4 Å². The van der Waals surface area contributed by atoms with Crippen LogP contribution in [0.3, 0.4) is 0 Å². The summed E-state index contributed by atoms with van der Waals surface area (Å²) >= 11 is 0. The minimum atomic E-state index is -5.07. The number of fused-ring (bicyclic) bond motifs is 1. The second-order valence-electron chi connectivity index (χ2n) is 3.52. The second kappa shape index (κ2) is 8.37. The van der Waals surface area contributed by atoms with Crippen LogP contribution in [0.25, 0.3) is 10.8 Å². The fourth-order valence-electron chi connectivity index (χ4n) is 1.68. The standard InChI is InChI=1S/C10H8O6S2.2Na.H2O/c11-17(12,13)9-6-5-7-3-1-2-4-8(7)10(9)18(14,15)16;;;/h1-6H,(H,11,12,13)(H,14,15,16);;;1H2/q;2*+1;/p-2. The molecule has 2 rings (SSSR count). The van der Waals surface area contributed by atoms with E-state index in [0.717, 1.165) is 6.07 Å². The van der Waals surface area contributed by atoms with Crippen molar-refractivity contribution in [3.63, 3.8) is 0 Å². The zero-order valence-electron chi connectivity index (χ0n) is 11.2. The summed E-state index contributed by atoms with van der Waals surface area (Å²) in [6.07, 6.45) is 0. The third-order valence-electron chi connectivity index (χ3n) is 2.36. The Morgan fingerprint density at radius 1 is 0.762 bits per heavy atom. The van der Waals surface area contributed by atoms with Crippen molar-refractivity contribution in [2.24, 2.45) is 0 Å². The van der Waals surface area contributed by atoms with Crippen molar-refractivity contribution in [2.45, 2.75) is 9.79 Å². The van der Waals surface area contributed by atoms with Gasteiger partial charge in [0.25, 0.3) is 0 Å². The van der Waals surface area contributed by atoms with Gasteiger partial charge in [-0.15, -0.1) is 0 Å². The Morgan fingerprint density at radius 3 is 1.76 bits per heavy atom. The average Bonchev–Trinajstić information content (AvgIpc) is 2.24. The zero-order chi connectivity index (χ0) is 13.6. The molecule has 0 heterocycles. The molecule has 11 heteroatoms. The molecule has 0 atom stereocenters. The number of rotatable bonds is 2. The Kier molecular flexibility index (Phi) is 9.46. The monoisotopic (exact) mass is 350 g/mol. The van der Waals surface area contributed by atoms with E-state index in [1.165, 1.54) is 24.3 Å². The number of hydrogen-bond donors (Lipinski definition) is 0. The van der Waals surface area contributed by atoms with E-state index >= 15 is 0 Å². The van der Waals surface area contributed by atoms with E-state index in [0.29, 0.717) is 5.39 Å². The van der Waals surface area contributed by atoms with Crippen molar-refractivity contribution in [3.8, 4) is 0 Å². The molecule has 2 aromatic rings. The topological polar surface area (TPSA) is 146 Å². The van der Waals surface area contributed by atoms with E-state index in [2.05, 4.69) is 0 Å². The fraction of sp³-hybridized carbons (Fsp3) is 0. The molecule has 2 aromatic carbocycles. The van der Waals surface area contributed by atoms with Gasteiger partial charge in [-0.05, 0) is 11.5 Å². The van der Waals surface area contributed by atoms with E-state index in [1.54, 1.807) is 6.07 Å². The molecule has 0 spiro atoms. The number of hydrogen-bond acceptors (Lipinski definition) is 6. The van der Waals surface area contributed by atoms with Gasteiger partial charge >= 0.3 is 59.1 Å². The zero-order valence-corrected chi connectivity index (χ0v) is 16.9. The van der Waals surface area contributed by atoms with E-state index in [9.17, 15) is 25.9 Å². The van der Waals surface area contributed by atoms with Gasteiger partial charge in [-0.3, -0.25) is 0 Å². The first kappa shape index (κ1) is 23.7. The first-order chi connectivity index (χ1) is 8.21. The van der Waals surface area contributed by atoms with Gasteiger partial charge in [0.05, 0.1) is 9.79 Å². The summed E-state index contributed by atoms with van der Waals surface area (Å²) in [5, 5.41) is 0.281. The minimum Gasteiger partial charge on any atom is -0.744 e. The molecule has 0 aromatic heterocycles. The molecule has 0 radical (unpaired) electrons. The first-order valence-corrected chi connectivity index (χ1v) is 7.46. The fourth-order valence-corrected chi connectivity index (χ4v) is 3.63. The van der Waals surface area contributed by atoms with E-state index in [1.807, 2.05) is 0 Å². The summed E-state index contributed by atoms with van der Waals surface area (Å²) in [7, 11) is -10.1. The molecule has 0 amide bonds. The molecule has 0 bridgehead atoms. The van der Waals surface area contributed by atoms with Gasteiger partial charge < -0.3 is 14.6 Å². The summed E-state index contributed by atoms with van der Waals surface area (Å²) in [4.78, 5) is -2.01. The number of benzene rings is 2.